The van der Waals surface area contributed by atoms with Gasteiger partial charge in [0.1, 0.15) is 0 Å². The molecule has 0 atom stereocenters. The SMILES string of the molecule is CC(C)C1(CNC(=O)c2ccccc2NN)CC1. The number of amides is 1. The Kier molecular flexibility index (Phi) is 3.57. The lowest BCUT2D eigenvalue weighted by molar-refractivity contribution is 0.0940. The average molecular weight is 247 g/mol. The van der Waals surface area contributed by atoms with Crippen LogP contribution in [0.3, 0.4) is 0 Å². The van der Waals surface area contributed by atoms with Crippen molar-refractivity contribution in [3.05, 3.63) is 29.8 Å². The molecule has 1 amide bonds. The van der Waals surface area contributed by atoms with E-state index < -0.39 is 0 Å². The first-order valence-electron chi connectivity index (χ1n) is 6.43. The van der Waals surface area contributed by atoms with E-state index in [1.807, 2.05) is 12.1 Å². The highest BCUT2D eigenvalue weighted by Crippen LogP contribution is 2.51. The normalized spacial score (nSPS) is 16.4. The second kappa shape index (κ2) is 4.98. The molecular weight excluding hydrogens is 226 g/mol. The lowest BCUT2D eigenvalue weighted by Gasteiger charge is -2.20. The smallest absolute Gasteiger partial charge is 0.253 e. The first-order valence-corrected chi connectivity index (χ1v) is 6.43. The molecule has 0 unspecified atom stereocenters. The summed E-state index contributed by atoms with van der Waals surface area (Å²) in [6.07, 6.45) is 2.42. The summed E-state index contributed by atoms with van der Waals surface area (Å²) in [5.41, 5.74) is 4.13. The minimum atomic E-state index is -0.0597. The van der Waals surface area contributed by atoms with Crippen molar-refractivity contribution in [1.82, 2.24) is 5.32 Å². The van der Waals surface area contributed by atoms with Crippen molar-refractivity contribution in [1.29, 1.82) is 0 Å². The zero-order chi connectivity index (χ0) is 13.2. The van der Waals surface area contributed by atoms with Crippen LogP contribution in [-0.2, 0) is 0 Å². The Bertz CT molecular complexity index is 438. The summed E-state index contributed by atoms with van der Waals surface area (Å²) in [6.45, 7) is 5.19. The maximum absolute atomic E-state index is 12.1. The molecule has 0 saturated heterocycles. The molecule has 1 saturated carbocycles. The molecule has 18 heavy (non-hydrogen) atoms. The van der Waals surface area contributed by atoms with Crippen LogP contribution in [0.5, 0.6) is 0 Å². The third-order valence-electron chi connectivity index (χ3n) is 4.05. The van der Waals surface area contributed by atoms with Crippen LogP contribution in [0.4, 0.5) is 5.69 Å². The first kappa shape index (κ1) is 12.9. The van der Waals surface area contributed by atoms with Crippen LogP contribution in [-0.4, -0.2) is 12.5 Å². The van der Waals surface area contributed by atoms with Crippen LogP contribution in [0.1, 0.15) is 37.0 Å². The summed E-state index contributed by atoms with van der Waals surface area (Å²) in [4.78, 5) is 12.1. The van der Waals surface area contributed by atoms with Gasteiger partial charge in [0.2, 0.25) is 0 Å². The molecule has 4 nitrogen and oxygen atoms in total. The number of hydrogen-bond acceptors (Lipinski definition) is 3. The number of carbonyl (C=O) groups is 1. The van der Waals surface area contributed by atoms with Gasteiger partial charge in [-0.05, 0) is 36.3 Å². The summed E-state index contributed by atoms with van der Waals surface area (Å²) in [5, 5.41) is 3.02. The molecule has 1 aliphatic rings. The second-order valence-corrected chi connectivity index (χ2v) is 5.39. The third kappa shape index (κ3) is 2.48. The molecule has 0 aromatic heterocycles. The molecule has 0 spiro atoms. The van der Waals surface area contributed by atoms with Crippen molar-refractivity contribution in [2.45, 2.75) is 26.7 Å². The van der Waals surface area contributed by atoms with Crippen molar-refractivity contribution < 1.29 is 4.79 Å². The average Bonchev–Trinajstić information content (AvgIpc) is 3.17. The van der Waals surface area contributed by atoms with Gasteiger partial charge >= 0.3 is 0 Å². The van der Waals surface area contributed by atoms with E-state index in [1.54, 1.807) is 12.1 Å². The fraction of sp³-hybridized carbons (Fsp3) is 0.500. The zero-order valence-corrected chi connectivity index (χ0v) is 11.0. The van der Waals surface area contributed by atoms with Gasteiger partial charge in [-0.2, -0.15) is 0 Å². The molecule has 0 heterocycles. The molecule has 1 fully saturated rings. The number of hydrogen-bond donors (Lipinski definition) is 3. The maximum Gasteiger partial charge on any atom is 0.253 e. The van der Waals surface area contributed by atoms with Gasteiger partial charge in [-0.3, -0.25) is 10.6 Å². The fourth-order valence-corrected chi connectivity index (χ4v) is 2.28. The minimum absolute atomic E-state index is 0.0597. The standard InChI is InChI=1S/C14H21N3O/c1-10(2)14(7-8-14)9-16-13(18)11-5-3-4-6-12(11)17-15/h3-6,10,17H,7-9,15H2,1-2H3,(H,16,18). The lowest BCUT2D eigenvalue weighted by atomic mass is 9.92. The molecule has 0 radical (unpaired) electrons. The van der Waals surface area contributed by atoms with Crippen LogP contribution in [0, 0.1) is 11.3 Å². The number of hydrazine groups is 1. The highest BCUT2D eigenvalue weighted by molar-refractivity contribution is 5.99. The predicted molar refractivity (Wildman–Crippen MR) is 73.1 cm³/mol. The number of benzene rings is 1. The number of nitrogens with two attached hydrogens (primary N) is 1. The summed E-state index contributed by atoms with van der Waals surface area (Å²) < 4.78 is 0. The van der Waals surface area contributed by atoms with Crippen LogP contribution < -0.4 is 16.6 Å². The monoisotopic (exact) mass is 247 g/mol. The molecule has 4 heteroatoms. The van der Waals surface area contributed by atoms with Crippen molar-refractivity contribution in [2.24, 2.45) is 17.2 Å². The molecule has 98 valence electrons. The zero-order valence-electron chi connectivity index (χ0n) is 11.0. The highest BCUT2D eigenvalue weighted by atomic mass is 16.1. The van der Waals surface area contributed by atoms with Gasteiger partial charge in [0.15, 0.2) is 0 Å². The number of nitrogen functional groups attached to an aromatic ring is 1. The third-order valence-corrected chi connectivity index (χ3v) is 4.05. The van der Waals surface area contributed by atoms with Gasteiger partial charge in [-0.15, -0.1) is 0 Å². The van der Waals surface area contributed by atoms with Gasteiger partial charge < -0.3 is 10.7 Å². The van der Waals surface area contributed by atoms with Crippen LogP contribution >= 0.6 is 0 Å². The van der Waals surface area contributed by atoms with E-state index in [4.69, 9.17) is 5.84 Å². The number of nitrogens with one attached hydrogen (secondary N) is 2. The Balaban J connectivity index is 2.00. The highest BCUT2D eigenvalue weighted by Gasteiger charge is 2.45. The van der Waals surface area contributed by atoms with Crippen LogP contribution in [0.2, 0.25) is 0 Å². The lowest BCUT2D eigenvalue weighted by Crippen LogP contribution is -2.33. The summed E-state index contributed by atoms with van der Waals surface area (Å²) in [7, 11) is 0. The topological polar surface area (TPSA) is 67.2 Å². The van der Waals surface area contributed by atoms with Crippen molar-refractivity contribution in [3.63, 3.8) is 0 Å². The molecule has 2 rings (SSSR count). The minimum Gasteiger partial charge on any atom is -0.351 e. The predicted octanol–water partition coefficient (Wildman–Crippen LogP) is 2.14. The summed E-state index contributed by atoms with van der Waals surface area (Å²) in [6, 6.07) is 7.26. The fourth-order valence-electron chi connectivity index (χ4n) is 2.28. The second-order valence-electron chi connectivity index (χ2n) is 5.39. The Morgan fingerprint density at radius 3 is 2.61 bits per heavy atom. The Labute approximate surface area is 108 Å². The van der Waals surface area contributed by atoms with E-state index in [2.05, 4.69) is 24.6 Å². The van der Waals surface area contributed by atoms with Crippen LogP contribution in [0.15, 0.2) is 24.3 Å². The van der Waals surface area contributed by atoms with Gasteiger partial charge in [-0.1, -0.05) is 26.0 Å². The van der Waals surface area contributed by atoms with E-state index >= 15 is 0 Å². The molecule has 0 bridgehead atoms. The van der Waals surface area contributed by atoms with Crippen molar-refractivity contribution in [2.75, 3.05) is 12.0 Å². The van der Waals surface area contributed by atoms with E-state index in [9.17, 15) is 4.79 Å². The Hall–Kier alpha value is -1.55. The first-order chi connectivity index (χ1) is 8.59. The summed E-state index contributed by atoms with van der Waals surface area (Å²) >= 11 is 0. The molecule has 1 aromatic rings. The molecule has 4 N–H and O–H groups in total. The van der Waals surface area contributed by atoms with Crippen LogP contribution in [0.25, 0.3) is 0 Å². The Morgan fingerprint density at radius 2 is 2.06 bits per heavy atom. The number of para-hydroxylation sites is 1. The van der Waals surface area contributed by atoms with Gasteiger partial charge in [0.25, 0.3) is 5.91 Å². The van der Waals surface area contributed by atoms with Gasteiger partial charge in [-0.25, -0.2) is 0 Å². The molecular formula is C14H21N3O. The van der Waals surface area contributed by atoms with Crippen molar-refractivity contribution in [3.8, 4) is 0 Å². The largest absolute Gasteiger partial charge is 0.351 e. The molecule has 1 aliphatic carbocycles. The van der Waals surface area contributed by atoms with E-state index in [-0.39, 0.29) is 5.91 Å². The molecule has 0 aliphatic heterocycles. The van der Waals surface area contributed by atoms with E-state index in [1.165, 1.54) is 12.8 Å². The maximum atomic E-state index is 12.1. The summed E-state index contributed by atoms with van der Waals surface area (Å²) in [5.74, 6) is 5.95. The quantitative estimate of drug-likeness (QED) is 0.551. The van der Waals surface area contributed by atoms with Crippen molar-refractivity contribution >= 4 is 11.6 Å². The van der Waals surface area contributed by atoms with E-state index in [0.717, 1.165) is 6.54 Å². The van der Waals surface area contributed by atoms with E-state index in [0.29, 0.717) is 22.6 Å². The van der Waals surface area contributed by atoms with Gasteiger partial charge in [0.05, 0.1) is 11.3 Å². The van der Waals surface area contributed by atoms with Gasteiger partial charge in [0, 0.05) is 6.54 Å². The Morgan fingerprint density at radius 1 is 1.39 bits per heavy atom. The molecule has 1 aromatic carbocycles. The number of rotatable bonds is 5. The number of anilines is 1. The number of carbonyl (C=O) groups excluding carboxylic acids is 1.